The van der Waals surface area contributed by atoms with Crippen LogP contribution in [0.2, 0.25) is 0 Å². The van der Waals surface area contributed by atoms with E-state index in [9.17, 15) is 0 Å². The molecule has 80 valence electrons. The van der Waals surface area contributed by atoms with Gasteiger partial charge < -0.3 is 0 Å². The highest BCUT2D eigenvalue weighted by Crippen LogP contribution is 2.38. The van der Waals surface area contributed by atoms with Gasteiger partial charge in [-0.2, -0.15) is 0 Å². The lowest BCUT2D eigenvalue weighted by Crippen LogP contribution is -2.31. The summed E-state index contributed by atoms with van der Waals surface area (Å²) in [5.41, 5.74) is 1.19. The largest absolute Gasteiger partial charge is 0.294 e. The Hall–Kier alpha value is -0.410. The number of piperidine rings is 1. The van der Waals surface area contributed by atoms with Crippen LogP contribution in [-0.4, -0.2) is 22.5 Å². The van der Waals surface area contributed by atoms with Gasteiger partial charge in [0.15, 0.2) is 0 Å². The Morgan fingerprint density at radius 2 is 2.40 bits per heavy atom. The standard InChI is InChI=1S/C12H15BrN2/c13-11-2-1-5-14-12(11)8-15-7-9-3-4-10(15)6-9/h1-2,5,9-10H,3-4,6-8H2. The van der Waals surface area contributed by atoms with Crippen LogP contribution in [0.3, 0.4) is 0 Å². The van der Waals surface area contributed by atoms with Crippen LogP contribution in [0, 0.1) is 5.92 Å². The van der Waals surface area contributed by atoms with Gasteiger partial charge in [0.25, 0.3) is 0 Å². The van der Waals surface area contributed by atoms with Crippen LogP contribution in [0.1, 0.15) is 25.0 Å². The number of hydrogen-bond donors (Lipinski definition) is 0. The summed E-state index contributed by atoms with van der Waals surface area (Å²) in [6.45, 7) is 2.30. The van der Waals surface area contributed by atoms with Crippen molar-refractivity contribution in [3.63, 3.8) is 0 Å². The van der Waals surface area contributed by atoms with Crippen molar-refractivity contribution in [1.29, 1.82) is 0 Å². The molecule has 2 fully saturated rings. The Kier molecular flexibility index (Phi) is 2.53. The molecule has 1 aliphatic carbocycles. The summed E-state index contributed by atoms with van der Waals surface area (Å²) in [6.07, 6.45) is 6.15. The molecule has 0 aromatic carbocycles. The van der Waals surface area contributed by atoms with Crippen molar-refractivity contribution >= 4 is 15.9 Å². The first-order valence-corrected chi connectivity index (χ1v) is 6.45. The molecular formula is C12H15BrN2. The highest BCUT2D eigenvalue weighted by molar-refractivity contribution is 9.10. The van der Waals surface area contributed by atoms with Gasteiger partial charge in [0.05, 0.1) is 5.69 Å². The summed E-state index contributed by atoms with van der Waals surface area (Å²) >= 11 is 3.57. The molecule has 0 spiro atoms. The van der Waals surface area contributed by atoms with Crippen LogP contribution in [0.25, 0.3) is 0 Å². The van der Waals surface area contributed by atoms with Crippen molar-refractivity contribution in [1.82, 2.24) is 9.88 Å². The fraction of sp³-hybridized carbons (Fsp3) is 0.583. The number of pyridine rings is 1. The highest BCUT2D eigenvalue weighted by atomic mass is 79.9. The normalized spacial score (nSPS) is 29.9. The number of nitrogens with zero attached hydrogens (tertiary/aromatic N) is 2. The molecule has 2 heterocycles. The predicted molar refractivity (Wildman–Crippen MR) is 63.5 cm³/mol. The quantitative estimate of drug-likeness (QED) is 0.819. The average molecular weight is 267 g/mol. The first-order valence-electron chi connectivity index (χ1n) is 5.66. The second-order valence-electron chi connectivity index (χ2n) is 4.69. The zero-order valence-corrected chi connectivity index (χ0v) is 10.3. The van der Waals surface area contributed by atoms with Gasteiger partial charge in [-0.05, 0) is 53.2 Å². The molecule has 2 aliphatic rings. The number of fused-ring (bicyclic) bond motifs is 2. The molecular weight excluding hydrogens is 252 g/mol. The molecule has 1 aliphatic heterocycles. The Balaban J connectivity index is 1.73. The molecule has 2 nitrogen and oxygen atoms in total. The summed E-state index contributed by atoms with van der Waals surface area (Å²) < 4.78 is 1.15. The predicted octanol–water partition coefficient (Wildman–Crippen LogP) is 2.83. The minimum Gasteiger partial charge on any atom is -0.294 e. The van der Waals surface area contributed by atoms with E-state index >= 15 is 0 Å². The lowest BCUT2D eigenvalue weighted by atomic mass is 10.1. The van der Waals surface area contributed by atoms with Crippen molar-refractivity contribution < 1.29 is 0 Å². The molecule has 15 heavy (non-hydrogen) atoms. The third-order valence-corrected chi connectivity index (χ3v) is 4.43. The van der Waals surface area contributed by atoms with E-state index in [0.29, 0.717) is 0 Å². The molecule has 1 aromatic heterocycles. The first-order chi connectivity index (χ1) is 7.33. The van der Waals surface area contributed by atoms with E-state index < -0.39 is 0 Å². The molecule has 1 saturated heterocycles. The summed E-state index contributed by atoms with van der Waals surface area (Å²) in [4.78, 5) is 7.04. The van der Waals surface area contributed by atoms with Crippen molar-refractivity contribution in [3.05, 3.63) is 28.5 Å². The van der Waals surface area contributed by atoms with Crippen molar-refractivity contribution in [2.45, 2.75) is 31.8 Å². The third-order valence-electron chi connectivity index (χ3n) is 3.71. The van der Waals surface area contributed by atoms with Gasteiger partial charge in [-0.15, -0.1) is 0 Å². The van der Waals surface area contributed by atoms with E-state index in [-0.39, 0.29) is 0 Å². The average Bonchev–Trinajstić information content (AvgIpc) is 2.83. The van der Waals surface area contributed by atoms with E-state index in [2.05, 4.69) is 31.9 Å². The maximum Gasteiger partial charge on any atom is 0.0685 e. The Morgan fingerprint density at radius 3 is 3.07 bits per heavy atom. The topological polar surface area (TPSA) is 16.1 Å². The molecule has 2 atom stereocenters. The van der Waals surface area contributed by atoms with E-state index in [1.54, 1.807) is 0 Å². The monoisotopic (exact) mass is 266 g/mol. The first kappa shape index (κ1) is 9.79. The van der Waals surface area contributed by atoms with Crippen LogP contribution in [0.5, 0.6) is 0 Å². The van der Waals surface area contributed by atoms with Gasteiger partial charge in [-0.25, -0.2) is 0 Å². The van der Waals surface area contributed by atoms with Crippen LogP contribution in [-0.2, 0) is 6.54 Å². The fourth-order valence-electron chi connectivity index (χ4n) is 2.95. The number of halogens is 1. The SMILES string of the molecule is Brc1cccnc1CN1CC2CCC1C2. The van der Waals surface area contributed by atoms with Crippen LogP contribution in [0.15, 0.2) is 22.8 Å². The van der Waals surface area contributed by atoms with E-state index in [1.807, 2.05) is 12.3 Å². The summed E-state index contributed by atoms with van der Waals surface area (Å²) in [5.74, 6) is 0.970. The minimum atomic E-state index is 0.837. The van der Waals surface area contributed by atoms with E-state index in [1.165, 1.54) is 31.5 Å². The number of aromatic nitrogens is 1. The van der Waals surface area contributed by atoms with Gasteiger partial charge in [0, 0.05) is 29.8 Å². The van der Waals surface area contributed by atoms with Crippen LogP contribution in [0.4, 0.5) is 0 Å². The lowest BCUT2D eigenvalue weighted by Gasteiger charge is -2.26. The molecule has 2 bridgehead atoms. The molecule has 0 amide bonds. The summed E-state index contributed by atoms with van der Waals surface area (Å²) in [5, 5.41) is 0. The van der Waals surface area contributed by atoms with Gasteiger partial charge in [-0.1, -0.05) is 0 Å². The van der Waals surface area contributed by atoms with Crippen LogP contribution < -0.4 is 0 Å². The molecule has 3 rings (SSSR count). The Bertz CT molecular complexity index is 366. The molecule has 2 unspecified atom stereocenters. The molecule has 0 radical (unpaired) electrons. The number of hydrogen-bond acceptors (Lipinski definition) is 2. The van der Waals surface area contributed by atoms with Crippen LogP contribution >= 0.6 is 15.9 Å². The second-order valence-corrected chi connectivity index (χ2v) is 5.55. The molecule has 3 heteroatoms. The Labute approximate surface area is 98.8 Å². The second kappa shape index (κ2) is 3.87. The maximum atomic E-state index is 4.44. The number of rotatable bonds is 2. The van der Waals surface area contributed by atoms with Gasteiger partial charge in [0.2, 0.25) is 0 Å². The minimum absolute atomic E-state index is 0.837. The zero-order chi connectivity index (χ0) is 10.3. The zero-order valence-electron chi connectivity index (χ0n) is 8.69. The van der Waals surface area contributed by atoms with Gasteiger partial charge in [-0.3, -0.25) is 9.88 Å². The van der Waals surface area contributed by atoms with E-state index in [0.717, 1.165) is 23.0 Å². The van der Waals surface area contributed by atoms with Crippen molar-refractivity contribution in [2.75, 3.05) is 6.54 Å². The lowest BCUT2D eigenvalue weighted by molar-refractivity contribution is 0.202. The van der Waals surface area contributed by atoms with Gasteiger partial charge in [0.1, 0.15) is 0 Å². The molecule has 1 aromatic rings. The third kappa shape index (κ3) is 1.83. The summed E-state index contributed by atoms with van der Waals surface area (Å²) in [7, 11) is 0. The smallest absolute Gasteiger partial charge is 0.0685 e. The van der Waals surface area contributed by atoms with Crippen molar-refractivity contribution in [2.24, 2.45) is 5.92 Å². The highest BCUT2D eigenvalue weighted by Gasteiger charge is 2.37. The molecule has 0 N–H and O–H groups in total. The van der Waals surface area contributed by atoms with Crippen molar-refractivity contribution in [3.8, 4) is 0 Å². The van der Waals surface area contributed by atoms with E-state index in [4.69, 9.17) is 0 Å². The number of likely N-dealkylation sites (tertiary alicyclic amines) is 1. The summed E-state index contributed by atoms with van der Waals surface area (Å²) in [6, 6.07) is 4.89. The Morgan fingerprint density at radius 1 is 1.47 bits per heavy atom. The fourth-order valence-corrected chi connectivity index (χ4v) is 3.33. The maximum absolute atomic E-state index is 4.44. The van der Waals surface area contributed by atoms with Gasteiger partial charge >= 0.3 is 0 Å². The molecule has 1 saturated carbocycles.